The number of hydrazone groups is 1. The maximum atomic E-state index is 4.16. The van der Waals surface area contributed by atoms with Gasteiger partial charge in [-0.05, 0) is 18.3 Å². The molecule has 3 heteroatoms. The second-order valence-electron chi connectivity index (χ2n) is 4.59. The summed E-state index contributed by atoms with van der Waals surface area (Å²) in [6.45, 7) is 10.0. The number of unbranched alkanes of at least 4 members (excludes halogenated alkanes) is 1. The van der Waals surface area contributed by atoms with E-state index in [0.29, 0.717) is 0 Å². The Morgan fingerprint density at radius 1 is 1.40 bits per heavy atom. The number of hydrogen-bond acceptors (Lipinski definition) is 2. The Morgan fingerprint density at radius 2 is 2.07 bits per heavy atom. The van der Waals surface area contributed by atoms with Crippen molar-refractivity contribution in [3.05, 3.63) is 12.7 Å². The first-order valence-electron chi connectivity index (χ1n) is 5.36. The van der Waals surface area contributed by atoms with Gasteiger partial charge < -0.3 is 0 Å². The van der Waals surface area contributed by atoms with Crippen LogP contribution >= 0.6 is 0 Å². The normalized spacial score (nSPS) is 13.2. The van der Waals surface area contributed by atoms with Crippen molar-refractivity contribution < 1.29 is 0 Å². The van der Waals surface area contributed by atoms with Crippen molar-refractivity contribution in [2.75, 3.05) is 7.05 Å². The number of nitrogens with zero attached hydrogens (tertiary/aromatic N) is 2. The molecule has 86 valence electrons. The summed E-state index contributed by atoms with van der Waals surface area (Å²) in [5.74, 6) is 0.928. The van der Waals surface area contributed by atoms with Gasteiger partial charge in [-0.2, -0.15) is 5.10 Å². The quantitative estimate of drug-likeness (QED) is 0.244. The van der Waals surface area contributed by atoms with Crippen LogP contribution in [0.1, 0.15) is 40.0 Å². The van der Waals surface area contributed by atoms with E-state index >= 15 is 0 Å². The highest BCUT2D eigenvalue weighted by atomic mass is 15.3. The minimum atomic E-state index is 0.104. The van der Waals surface area contributed by atoms with Crippen LogP contribution in [0.5, 0.6) is 0 Å². The van der Waals surface area contributed by atoms with E-state index in [1.54, 1.807) is 7.05 Å². The number of aliphatic imine (C=N–C) groups is 1. The molecule has 0 unspecified atom stereocenters. The third kappa shape index (κ3) is 9.19. The van der Waals surface area contributed by atoms with Gasteiger partial charge in [0.2, 0.25) is 0 Å². The fraction of sp³-hybridized carbons (Fsp3) is 0.667. The van der Waals surface area contributed by atoms with E-state index in [1.165, 1.54) is 0 Å². The highest BCUT2D eigenvalue weighted by Crippen LogP contribution is 2.07. The summed E-state index contributed by atoms with van der Waals surface area (Å²) >= 11 is 0. The Hall–Kier alpha value is -1.12. The summed E-state index contributed by atoms with van der Waals surface area (Å²) in [5.41, 5.74) is 3.07. The Labute approximate surface area is 93.4 Å². The van der Waals surface area contributed by atoms with Gasteiger partial charge in [0.25, 0.3) is 0 Å². The first kappa shape index (κ1) is 13.9. The average Bonchev–Trinajstić information content (AvgIpc) is 2.14. The molecule has 0 saturated heterocycles. The fourth-order valence-electron chi connectivity index (χ4n) is 0.932. The van der Waals surface area contributed by atoms with Gasteiger partial charge in [-0.3, -0.25) is 10.4 Å². The van der Waals surface area contributed by atoms with Gasteiger partial charge in [-0.1, -0.05) is 26.8 Å². The standard InChI is InChI=1S/C12H23N3/c1-6-7-8-9-11(13-5)15-14-10-12(2,3)4/h6,10H,1,7-9H2,2-5H3,(H,13,15)/b14-10+. The summed E-state index contributed by atoms with van der Waals surface area (Å²) in [6.07, 6.45) is 6.82. The highest BCUT2D eigenvalue weighted by molar-refractivity contribution is 5.82. The molecule has 0 saturated carbocycles. The van der Waals surface area contributed by atoms with Gasteiger partial charge >= 0.3 is 0 Å². The van der Waals surface area contributed by atoms with Gasteiger partial charge in [0.1, 0.15) is 5.84 Å². The first-order chi connectivity index (χ1) is 6.99. The Balaban J connectivity index is 3.91. The average molecular weight is 209 g/mol. The lowest BCUT2D eigenvalue weighted by Crippen LogP contribution is -2.19. The third-order valence-electron chi connectivity index (χ3n) is 1.74. The van der Waals surface area contributed by atoms with E-state index in [9.17, 15) is 0 Å². The van der Waals surface area contributed by atoms with Gasteiger partial charge in [0.05, 0.1) is 0 Å². The SMILES string of the molecule is C=CCCCC(=NC)N/N=C/C(C)(C)C. The molecule has 0 atom stereocenters. The maximum Gasteiger partial charge on any atom is 0.116 e. The lowest BCUT2D eigenvalue weighted by atomic mass is 9.99. The molecule has 0 aliphatic carbocycles. The van der Waals surface area contributed by atoms with E-state index in [1.807, 2.05) is 12.3 Å². The van der Waals surface area contributed by atoms with E-state index in [-0.39, 0.29) is 5.41 Å². The summed E-state index contributed by atoms with van der Waals surface area (Å²) in [7, 11) is 1.78. The van der Waals surface area contributed by atoms with Crippen LogP contribution in [0.4, 0.5) is 0 Å². The molecule has 0 bridgehead atoms. The molecule has 0 aliphatic heterocycles. The van der Waals surface area contributed by atoms with E-state index < -0.39 is 0 Å². The molecule has 15 heavy (non-hydrogen) atoms. The first-order valence-corrected chi connectivity index (χ1v) is 5.36. The molecule has 0 aliphatic rings. The van der Waals surface area contributed by atoms with E-state index in [2.05, 4.69) is 42.9 Å². The number of nitrogens with one attached hydrogen (secondary N) is 1. The predicted molar refractivity (Wildman–Crippen MR) is 68.5 cm³/mol. The van der Waals surface area contributed by atoms with Crippen molar-refractivity contribution in [3.8, 4) is 0 Å². The lowest BCUT2D eigenvalue weighted by molar-refractivity contribution is 0.602. The van der Waals surface area contributed by atoms with Crippen molar-refractivity contribution in [2.45, 2.75) is 40.0 Å². The highest BCUT2D eigenvalue weighted by Gasteiger charge is 2.04. The molecule has 0 amide bonds. The van der Waals surface area contributed by atoms with E-state index in [4.69, 9.17) is 0 Å². The molecule has 0 radical (unpaired) electrons. The number of allylic oxidation sites excluding steroid dienone is 1. The zero-order chi connectivity index (χ0) is 11.7. The Bertz CT molecular complexity index is 234. The lowest BCUT2D eigenvalue weighted by Gasteiger charge is -2.10. The molecule has 0 rings (SSSR count). The number of rotatable bonds is 5. The van der Waals surface area contributed by atoms with Crippen molar-refractivity contribution in [1.29, 1.82) is 0 Å². The monoisotopic (exact) mass is 209 g/mol. The molecule has 0 spiro atoms. The minimum absolute atomic E-state index is 0.104. The fourth-order valence-corrected chi connectivity index (χ4v) is 0.932. The summed E-state index contributed by atoms with van der Waals surface area (Å²) < 4.78 is 0. The molecular formula is C12H23N3. The van der Waals surface area contributed by atoms with Crippen molar-refractivity contribution in [1.82, 2.24) is 5.43 Å². The summed E-state index contributed by atoms with van der Waals surface area (Å²) in [4.78, 5) is 4.14. The second-order valence-corrected chi connectivity index (χ2v) is 4.59. The summed E-state index contributed by atoms with van der Waals surface area (Å²) in [5, 5.41) is 4.16. The molecule has 1 N–H and O–H groups in total. The zero-order valence-corrected chi connectivity index (χ0v) is 10.4. The van der Waals surface area contributed by atoms with Crippen LogP contribution in [0.2, 0.25) is 0 Å². The predicted octanol–water partition coefficient (Wildman–Crippen LogP) is 2.99. The zero-order valence-electron chi connectivity index (χ0n) is 10.4. The van der Waals surface area contributed by atoms with Crippen molar-refractivity contribution in [2.24, 2.45) is 15.5 Å². The van der Waals surface area contributed by atoms with Gasteiger partial charge in [0, 0.05) is 19.7 Å². The Kier molecular flexibility index (Phi) is 6.67. The van der Waals surface area contributed by atoms with Crippen LogP contribution in [0.3, 0.4) is 0 Å². The van der Waals surface area contributed by atoms with Crippen LogP contribution < -0.4 is 5.43 Å². The molecule has 0 fully saturated rings. The van der Waals surface area contributed by atoms with Gasteiger partial charge in [-0.25, -0.2) is 0 Å². The molecular weight excluding hydrogens is 186 g/mol. The van der Waals surface area contributed by atoms with Gasteiger partial charge in [-0.15, -0.1) is 6.58 Å². The molecule has 0 heterocycles. The van der Waals surface area contributed by atoms with Gasteiger partial charge in [0.15, 0.2) is 0 Å². The number of hydrogen-bond donors (Lipinski definition) is 1. The van der Waals surface area contributed by atoms with Crippen LogP contribution in [-0.2, 0) is 0 Å². The third-order valence-corrected chi connectivity index (χ3v) is 1.74. The maximum absolute atomic E-state index is 4.16. The van der Waals surface area contributed by atoms with E-state index in [0.717, 1.165) is 25.1 Å². The molecule has 0 aromatic rings. The topological polar surface area (TPSA) is 36.8 Å². The molecule has 3 nitrogen and oxygen atoms in total. The van der Waals surface area contributed by atoms with Crippen molar-refractivity contribution in [3.63, 3.8) is 0 Å². The van der Waals surface area contributed by atoms with Crippen LogP contribution in [0, 0.1) is 5.41 Å². The molecule has 0 aromatic carbocycles. The minimum Gasteiger partial charge on any atom is -0.274 e. The van der Waals surface area contributed by atoms with Crippen LogP contribution in [0.15, 0.2) is 22.7 Å². The second kappa shape index (κ2) is 7.21. The largest absolute Gasteiger partial charge is 0.274 e. The Morgan fingerprint density at radius 3 is 2.53 bits per heavy atom. The smallest absolute Gasteiger partial charge is 0.116 e. The summed E-state index contributed by atoms with van der Waals surface area (Å²) in [6, 6.07) is 0. The molecule has 0 aromatic heterocycles. The van der Waals surface area contributed by atoms with Crippen LogP contribution in [-0.4, -0.2) is 19.1 Å². The van der Waals surface area contributed by atoms with Crippen molar-refractivity contribution >= 4 is 12.1 Å². The number of amidine groups is 1. The van der Waals surface area contributed by atoms with Crippen LogP contribution in [0.25, 0.3) is 0 Å².